The third-order valence-electron chi connectivity index (χ3n) is 0.899. The molecule has 0 aliphatic heterocycles. The van der Waals surface area contributed by atoms with Crippen molar-refractivity contribution in [1.29, 1.82) is 0 Å². The van der Waals surface area contributed by atoms with E-state index in [1.165, 1.54) is 8.13 Å². The van der Waals surface area contributed by atoms with Crippen molar-refractivity contribution in [3.63, 3.8) is 0 Å². The van der Waals surface area contributed by atoms with Gasteiger partial charge in [0.1, 0.15) is 0 Å². The van der Waals surface area contributed by atoms with Crippen molar-refractivity contribution >= 4 is 0 Å². The molecule has 0 unspecified atom stereocenters. The van der Waals surface area contributed by atoms with E-state index in [4.69, 9.17) is 0 Å². The van der Waals surface area contributed by atoms with Gasteiger partial charge in [0.05, 0.1) is 0 Å². The molecule has 0 bridgehead atoms. The summed E-state index contributed by atoms with van der Waals surface area (Å²) in [4.78, 5) is 4.22. The van der Waals surface area contributed by atoms with E-state index in [0.29, 0.717) is 0 Å². The summed E-state index contributed by atoms with van der Waals surface area (Å²) in [5, 5.41) is 0. The Labute approximate surface area is 65.8 Å². The van der Waals surface area contributed by atoms with E-state index < -0.39 is 0 Å². The van der Waals surface area contributed by atoms with Crippen molar-refractivity contribution in [2.75, 3.05) is 4.43 Å². The molecular formula is C7H9IN-. The molecule has 0 spiro atoms. The molecule has 0 aliphatic rings. The maximum atomic E-state index is 4.22. The van der Waals surface area contributed by atoms with E-state index in [1.807, 2.05) is 12.3 Å². The van der Waals surface area contributed by atoms with E-state index in [1.54, 1.807) is 0 Å². The average molecular weight is 234 g/mol. The van der Waals surface area contributed by atoms with Crippen LogP contribution in [0.25, 0.3) is 0 Å². The number of aromatic nitrogens is 1. The van der Waals surface area contributed by atoms with Gasteiger partial charge in [0.2, 0.25) is 0 Å². The fourth-order valence-corrected chi connectivity index (χ4v) is 2.16. The fourth-order valence-electron chi connectivity index (χ4n) is 0.558. The zero-order valence-electron chi connectivity index (χ0n) is 5.34. The quantitative estimate of drug-likeness (QED) is 0.340. The summed E-state index contributed by atoms with van der Waals surface area (Å²) in [6.07, 6.45) is 1.87. The Balaban J connectivity index is 2.61. The van der Waals surface area contributed by atoms with Crippen LogP contribution in [0.4, 0.5) is 0 Å². The molecular weight excluding hydrogens is 225 g/mol. The molecule has 0 aliphatic carbocycles. The van der Waals surface area contributed by atoms with Gasteiger partial charge >= 0.3 is 65.6 Å². The van der Waals surface area contributed by atoms with Crippen molar-refractivity contribution < 1.29 is 21.2 Å². The summed E-state index contributed by atoms with van der Waals surface area (Å²) < 4.78 is 2.59. The number of nitrogens with zero attached hydrogens (tertiary/aromatic N) is 1. The van der Waals surface area contributed by atoms with Crippen LogP contribution in [-0.2, 0) is 0 Å². The molecule has 0 atom stereocenters. The molecule has 0 amide bonds. The summed E-state index contributed by atoms with van der Waals surface area (Å²) in [6, 6.07) is 6.12. The number of pyridine rings is 1. The molecule has 9 heavy (non-hydrogen) atoms. The average Bonchev–Trinajstić information content (AvgIpc) is 1.91. The van der Waals surface area contributed by atoms with Crippen LogP contribution >= 0.6 is 0 Å². The van der Waals surface area contributed by atoms with Gasteiger partial charge in [-0.2, -0.15) is 0 Å². The van der Waals surface area contributed by atoms with Gasteiger partial charge in [-0.15, -0.1) is 0 Å². The summed E-state index contributed by atoms with van der Waals surface area (Å²) in [7, 11) is 0. The molecule has 1 rings (SSSR count). The van der Waals surface area contributed by atoms with Crippen LogP contribution < -0.4 is 21.2 Å². The minimum absolute atomic E-state index is 0.219. The minimum atomic E-state index is 0.219. The Morgan fingerprint density at radius 2 is 2.44 bits per heavy atom. The van der Waals surface area contributed by atoms with E-state index in [9.17, 15) is 0 Å². The van der Waals surface area contributed by atoms with E-state index in [-0.39, 0.29) is 21.2 Å². The first-order valence-corrected chi connectivity index (χ1v) is 5.54. The first kappa shape index (κ1) is 6.99. The molecule has 0 saturated carbocycles. The molecule has 0 fully saturated rings. The molecule has 0 N–H and O–H groups in total. The molecule has 0 radical (unpaired) electrons. The van der Waals surface area contributed by atoms with E-state index >= 15 is 0 Å². The fraction of sp³-hybridized carbons (Fsp3) is 0.286. The van der Waals surface area contributed by atoms with Gasteiger partial charge in [0.25, 0.3) is 0 Å². The maximum absolute atomic E-state index is 4.22. The summed E-state index contributed by atoms with van der Waals surface area (Å²) in [5.41, 5.74) is 0. The van der Waals surface area contributed by atoms with Crippen molar-refractivity contribution in [3.05, 3.63) is 28.1 Å². The van der Waals surface area contributed by atoms with Crippen LogP contribution in [0.3, 0.4) is 0 Å². The molecule has 1 aromatic rings. The first-order chi connectivity index (χ1) is 4.43. The standard InChI is InChI=1S/C7H9IN/c1-2-8-7-5-3-4-6-9-7/h3-6H,2H2,1H3/q-1. The van der Waals surface area contributed by atoms with Gasteiger partial charge in [-0.25, -0.2) is 0 Å². The molecule has 0 aromatic carbocycles. The first-order valence-electron chi connectivity index (χ1n) is 2.93. The molecule has 1 heterocycles. The van der Waals surface area contributed by atoms with Crippen molar-refractivity contribution in [3.8, 4) is 0 Å². The van der Waals surface area contributed by atoms with Gasteiger partial charge in [0, 0.05) is 0 Å². The summed E-state index contributed by atoms with van der Waals surface area (Å²) in [5.74, 6) is 0. The van der Waals surface area contributed by atoms with E-state index in [0.717, 1.165) is 0 Å². The SMILES string of the molecule is CC[I-]c1ccccn1. The van der Waals surface area contributed by atoms with E-state index in [2.05, 4.69) is 24.0 Å². The van der Waals surface area contributed by atoms with Gasteiger partial charge in [0.15, 0.2) is 0 Å². The third kappa shape index (κ3) is 2.30. The predicted molar refractivity (Wildman–Crippen MR) is 33.5 cm³/mol. The second kappa shape index (κ2) is 3.82. The zero-order valence-corrected chi connectivity index (χ0v) is 7.50. The Kier molecular flexibility index (Phi) is 2.97. The molecule has 1 nitrogen and oxygen atoms in total. The van der Waals surface area contributed by atoms with Crippen LogP contribution in [-0.4, -0.2) is 9.41 Å². The number of hydrogen-bond donors (Lipinski definition) is 0. The van der Waals surface area contributed by atoms with Crippen LogP contribution in [0.15, 0.2) is 24.4 Å². The monoisotopic (exact) mass is 234 g/mol. The summed E-state index contributed by atoms with van der Waals surface area (Å²) in [6.45, 7) is 2.21. The normalized spacial score (nSPS) is 9.89. The Hall–Kier alpha value is -0.120. The Morgan fingerprint density at radius 3 is 3.00 bits per heavy atom. The van der Waals surface area contributed by atoms with Crippen molar-refractivity contribution in [2.24, 2.45) is 0 Å². The van der Waals surface area contributed by atoms with Crippen molar-refractivity contribution in [1.82, 2.24) is 4.98 Å². The predicted octanol–water partition coefficient (Wildman–Crippen LogP) is -1.64. The van der Waals surface area contributed by atoms with Crippen LogP contribution in [0.5, 0.6) is 0 Å². The molecule has 2 heteroatoms. The van der Waals surface area contributed by atoms with Gasteiger partial charge < -0.3 is 0 Å². The zero-order chi connectivity index (χ0) is 6.53. The third-order valence-corrected chi connectivity index (χ3v) is 3.08. The summed E-state index contributed by atoms with van der Waals surface area (Å²) >= 11 is 0.219. The van der Waals surface area contributed by atoms with Crippen molar-refractivity contribution in [2.45, 2.75) is 6.92 Å². The van der Waals surface area contributed by atoms with Gasteiger partial charge in [-0.1, -0.05) is 0 Å². The van der Waals surface area contributed by atoms with Crippen LogP contribution in [0.1, 0.15) is 6.92 Å². The van der Waals surface area contributed by atoms with Gasteiger partial charge in [-0.05, 0) is 0 Å². The Bertz CT molecular complexity index is 162. The van der Waals surface area contributed by atoms with Crippen LogP contribution in [0.2, 0.25) is 0 Å². The molecule has 0 saturated heterocycles. The second-order valence-corrected chi connectivity index (χ2v) is 4.95. The number of rotatable bonds is 2. The second-order valence-electron chi connectivity index (χ2n) is 1.55. The molecule has 50 valence electrons. The molecule has 1 aromatic heterocycles. The van der Waals surface area contributed by atoms with Gasteiger partial charge in [-0.3, -0.25) is 0 Å². The Morgan fingerprint density at radius 1 is 1.56 bits per heavy atom. The number of alkyl halides is 1. The van der Waals surface area contributed by atoms with Crippen LogP contribution in [0, 0.1) is 3.70 Å². The number of halogens is 1. The number of hydrogen-bond acceptors (Lipinski definition) is 1. The topological polar surface area (TPSA) is 12.9 Å².